The van der Waals surface area contributed by atoms with E-state index in [1.165, 1.54) is 19.1 Å². The Morgan fingerprint density at radius 2 is 1.75 bits per heavy atom. The predicted octanol–water partition coefficient (Wildman–Crippen LogP) is 3.62. The van der Waals surface area contributed by atoms with Crippen molar-refractivity contribution in [2.45, 2.75) is 31.7 Å². The number of hydrogen-bond donors (Lipinski definition) is 2. The molecule has 2 fully saturated rings. The average molecular weight is 382 g/mol. The molecule has 0 bridgehead atoms. The quantitative estimate of drug-likeness (QED) is 0.847. The number of furan rings is 1. The van der Waals surface area contributed by atoms with Gasteiger partial charge < -0.3 is 20.0 Å². The molecule has 7 nitrogen and oxygen atoms in total. The third-order valence-electron chi connectivity index (χ3n) is 5.46. The van der Waals surface area contributed by atoms with E-state index in [-0.39, 0.29) is 17.7 Å². The summed E-state index contributed by atoms with van der Waals surface area (Å²) in [5.74, 6) is -0.0753. The molecule has 2 aliphatic rings. The van der Waals surface area contributed by atoms with Gasteiger partial charge in [-0.1, -0.05) is 6.07 Å². The minimum absolute atomic E-state index is 0.0848. The van der Waals surface area contributed by atoms with Gasteiger partial charge in [-0.25, -0.2) is 4.79 Å². The van der Waals surface area contributed by atoms with Crippen LogP contribution in [0.2, 0.25) is 0 Å². The number of urea groups is 1. The highest BCUT2D eigenvalue weighted by Gasteiger charge is 2.29. The number of amides is 3. The predicted molar refractivity (Wildman–Crippen MR) is 108 cm³/mol. The van der Waals surface area contributed by atoms with Crippen LogP contribution in [-0.4, -0.2) is 54.0 Å². The fourth-order valence-corrected chi connectivity index (χ4v) is 4.02. The molecule has 28 heavy (non-hydrogen) atoms. The molecule has 0 radical (unpaired) electrons. The van der Waals surface area contributed by atoms with Gasteiger partial charge in [-0.3, -0.25) is 9.69 Å². The molecule has 0 saturated carbocycles. The van der Waals surface area contributed by atoms with Crippen molar-refractivity contribution in [2.75, 3.05) is 36.8 Å². The van der Waals surface area contributed by atoms with Crippen LogP contribution in [-0.2, 0) is 0 Å². The van der Waals surface area contributed by atoms with E-state index in [0.717, 1.165) is 39.0 Å². The van der Waals surface area contributed by atoms with Crippen LogP contribution in [0.1, 0.15) is 36.2 Å². The van der Waals surface area contributed by atoms with Gasteiger partial charge in [0, 0.05) is 30.5 Å². The Morgan fingerprint density at radius 1 is 0.964 bits per heavy atom. The lowest BCUT2D eigenvalue weighted by atomic mass is 10.0. The molecule has 1 unspecified atom stereocenters. The number of likely N-dealkylation sites (tertiary alicyclic amines) is 2. The van der Waals surface area contributed by atoms with Gasteiger partial charge in [0.2, 0.25) is 0 Å². The minimum atomic E-state index is -0.321. The third kappa shape index (κ3) is 4.36. The maximum Gasteiger partial charge on any atom is 0.321 e. The van der Waals surface area contributed by atoms with Gasteiger partial charge in [-0.2, -0.15) is 0 Å². The lowest BCUT2D eigenvalue weighted by molar-refractivity contribution is 0.0996. The fraction of sp³-hybridized carbons (Fsp3) is 0.429. The second kappa shape index (κ2) is 8.48. The SMILES string of the molecule is O=C(Nc1cccc(NC(=O)N2CCCC(N3CCCC3)C2)c1)c1ccco1. The molecule has 0 spiro atoms. The summed E-state index contributed by atoms with van der Waals surface area (Å²) in [4.78, 5) is 29.3. The molecule has 3 heterocycles. The second-order valence-corrected chi connectivity index (χ2v) is 7.43. The molecule has 2 aliphatic heterocycles. The number of rotatable bonds is 4. The van der Waals surface area contributed by atoms with E-state index in [4.69, 9.17) is 4.42 Å². The van der Waals surface area contributed by atoms with Gasteiger partial charge in [-0.05, 0) is 69.1 Å². The zero-order valence-corrected chi connectivity index (χ0v) is 15.9. The van der Waals surface area contributed by atoms with Crippen LogP contribution in [0.25, 0.3) is 0 Å². The molecule has 7 heteroatoms. The van der Waals surface area contributed by atoms with E-state index in [2.05, 4.69) is 15.5 Å². The van der Waals surface area contributed by atoms with Gasteiger partial charge in [-0.15, -0.1) is 0 Å². The Bertz CT molecular complexity index is 815. The Labute approximate surface area is 164 Å². The van der Waals surface area contributed by atoms with E-state index in [9.17, 15) is 9.59 Å². The number of nitrogens with zero attached hydrogens (tertiary/aromatic N) is 2. The Hall–Kier alpha value is -2.80. The molecule has 2 saturated heterocycles. The van der Waals surface area contributed by atoms with Gasteiger partial charge >= 0.3 is 6.03 Å². The van der Waals surface area contributed by atoms with Gasteiger partial charge in [0.15, 0.2) is 5.76 Å². The third-order valence-corrected chi connectivity index (χ3v) is 5.46. The number of benzene rings is 1. The van der Waals surface area contributed by atoms with Crippen LogP contribution in [0.3, 0.4) is 0 Å². The second-order valence-electron chi connectivity index (χ2n) is 7.43. The highest BCUT2D eigenvalue weighted by Crippen LogP contribution is 2.22. The van der Waals surface area contributed by atoms with Crippen LogP contribution in [0.4, 0.5) is 16.2 Å². The van der Waals surface area contributed by atoms with Crippen LogP contribution in [0.15, 0.2) is 47.1 Å². The Morgan fingerprint density at radius 3 is 2.50 bits per heavy atom. The highest BCUT2D eigenvalue weighted by atomic mass is 16.3. The van der Waals surface area contributed by atoms with Crippen LogP contribution >= 0.6 is 0 Å². The van der Waals surface area contributed by atoms with Crippen molar-refractivity contribution in [3.63, 3.8) is 0 Å². The van der Waals surface area contributed by atoms with E-state index in [1.54, 1.807) is 30.3 Å². The first-order valence-electron chi connectivity index (χ1n) is 9.94. The summed E-state index contributed by atoms with van der Waals surface area (Å²) in [6.45, 7) is 3.86. The molecule has 0 aliphatic carbocycles. The molecule has 2 N–H and O–H groups in total. The van der Waals surface area contributed by atoms with Crippen molar-refractivity contribution in [1.29, 1.82) is 0 Å². The normalized spacial score (nSPS) is 20.1. The van der Waals surface area contributed by atoms with Crippen LogP contribution < -0.4 is 10.6 Å². The van der Waals surface area contributed by atoms with Gasteiger partial charge in [0.1, 0.15) is 0 Å². The first-order chi connectivity index (χ1) is 13.7. The molecule has 3 amide bonds. The molecule has 148 valence electrons. The Balaban J connectivity index is 1.35. The van der Waals surface area contributed by atoms with Crippen molar-refractivity contribution < 1.29 is 14.0 Å². The number of anilines is 2. The number of hydrogen-bond acceptors (Lipinski definition) is 4. The van der Waals surface area contributed by atoms with Crippen LogP contribution in [0.5, 0.6) is 0 Å². The summed E-state index contributed by atoms with van der Waals surface area (Å²) in [6, 6.07) is 10.8. The maximum atomic E-state index is 12.7. The highest BCUT2D eigenvalue weighted by molar-refractivity contribution is 6.02. The number of piperidine rings is 1. The summed E-state index contributed by atoms with van der Waals surface area (Å²) in [6.07, 6.45) is 6.18. The topological polar surface area (TPSA) is 77.8 Å². The molecule has 2 aromatic rings. The maximum absolute atomic E-state index is 12.7. The number of nitrogens with one attached hydrogen (secondary N) is 2. The molecule has 1 aromatic heterocycles. The monoisotopic (exact) mass is 382 g/mol. The van der Waals surface area contributed by atoms with E-state index in [1.807, 2.05) is 11.0 Å². The van der Waals surface area contributed by atoms with Crippen molar-refractivity contribution >= 4 is 23.3 Å². The largest absolute Gasteiger partial charge is 0.459 e. The van der Waals surface area contributed by atoms with Gasteiger partial charge in [0.25, 0.3) is 5.91 Å². The van der Waals surface area contributed by atoms with Crippen molar-refractivity contribution in [3.8, 4) is 0 Å². The summed E-state index contributed by atoms with van der Waals surface area (Å²) >= 11 is 0. The first kappa shape index (κ1) is 18.6. The lowest BCUT2D eigenvalue weighted by Crippen LogP contribution is -2.50. The summed E-state index contributed by atoms with van der Waals surface area (Å²) < 4.78 is 5.10. The fourth-order valence-electron chi connectivity index (χ4n) is 4.02. The summed E-state index contributed by atoms with van der Waals surface area (Å²) in [5, 5.41) is 5.74. The standard InChI is InChI=1S/C21H26N4O3/c26-20(19-9-5-13-28-19)22-16-6-3-7-17(14-16)23-21(27)25-12-4-8-18(15-25)24-10-1-2-11-24/h3,5-7,9,13-14,18H,1-2,4,8,10-12,15H2,(H,22,26)(H,23,27). The van der Waals surface area contributed by atoms with Crippen molar-refractivity contribution in [1.82, 2.24) is 9.80 Å². The van der Waals surface area contributed by atoms with Gasteiger partial charge in [0.05, 0.1) is 6.26 Å². The van der Waals surface area contributed by atoms with E-state index < -0.39 is 0 Å². The average Bonchev–Trinajstić information content (AvgIpc) is 3.42. The van der Waals surface area contributed by atoms with Crippen molar-refractivity contribution in [2.24, 2.45) is 0 Å². The van der Waals surface area contributed by atoms with Crippen molar-refractivity contribution in [3.05, 3.63) is 48.4 Å². The van der Waals surface area contributed by atoms with E-state index in [0.29, 0.717) is 17.4 Å². The van der Waals surface area contributed by atoms with E-state index >= 15 is 0 Å². The number of carbonyl (C=O) groups excluding carboxylic acids is 2. The minimum Gasteiger partial charge on any atom is -0.459 e. The Kier molecular flexibility index (Phi) is 5.62. The smallest absolute Gasteiger partial charge is 0.321 e. The summed E-state index contributed by atoms with van der Waals surface area (Å²) in [5.41, 5.74) is 1.26. The first-order valence-corrected chi connectivity index (χ1v) is 9.94. The molecular weight excluding hydrogens is 356 g/mol. The summed E-state index contributed by atoms with van der Waals surface area (Å²) in [7, 11) is 0. The zero-order valence-electron chi connectivity index (χ0n) is 15.9. The van der Waals surface area contributed by atoms with Crippen LogP contribution in [0, 0.1) is 0 Å². The lowest BCUT2D eigenvalue weighted by Gasteiger charge is -2.37. The molecular formula is C21H26N4O3. The zero-order chi connectivity index (χ0) is 19.3. The molecule has 1 atom stereocenters. The molecule has 4 rings (SSSR count). The number of carbonyl (C=O) groups is 2. The molecule has 1 aromatic carbocycles.